The molecule has 0 saturated carbocycles. The predicted molar refractivity (Wildman–Crippen MR) is 187 cm³/mol. The Kier molecular flexibility index (Phi) is 8.54. The van der Waals surface area contributed by atoms with Crippen molar-refractivity contribution in [3.05, 3.63) is 81.4 Å². The zero-order valence-electron chi connectivity index (χ0n) is 29.2. The van der Waals surface area contributed by atoms with E-state index in [1.165, 1.54) is 46.7 Å². The Balaban J connectivity index is 1.71. The van der Waals surface area contributed by atoms with Crippen LogP contribution in [0.5, 0.6) is 5.75 Å². The maximum absolute atomic E-state index is 16.5. The van der Waals surface area contributed by atoms with Crippen LogP contribution < -0.4 is 20.1 Å². The summed E-state index contributed by atoms with van der Waals surface area (Å²) >= 11 is 0. The fourth-order valence-electron chi connectivity index (χ4n) is 6.83. The minimum Gasteiger partial charge on any atom is -0.496 e. The number of carbonyl (C=O) groups excluding carboxylic acids is 2. The Hall–Kier alpha value is -5.51. The number of carbonyl (C=O) groups is 2. The van der Waals surface area contributed by atoms with Gasteiger partial charge in [0.2, 0.25) is 5.69 Å². The van der Waals surface area contributed by atoms with Gasteiger partial charge in [-0.1, -0.05) is 38.1 Å². The summed E-state index contributed by atoms with van der Waals surface area (Å²) in [6.45, 7) is 18.9. The number of pyridine rings is 2. The molecule has 2 amide bonds. The number of amides is 2. The Morgan fingerprint density at radius 2 is 1.74 bits per heavy atom. The number of aromatic nitrogens is 2. The van der Waals surface area contributed by atoms with Crippen molar-refractivity contribution in [1.82, 2.24) is 14.5 Å². The number of nitrogens with zero attached hydrogens (tertiary/aromatic N) is 6. The Morgan fingerprint density at radius 3 is 2.38 bits per heavy atom. The zero-order valence-corrected chi connectivity index (χ0v) is 29.2. The molecule has 0 spiro atoms. The fraction of sp³-hybridized carbons (Fsp3) is 0.378. The molecule has 2 aliphatic rings. The third kappa shape index (κ3) is 5.48. The number of para-hydroxylation sites is 1. The predicted octanol–water partition coefficient (Wildman–Crippen LogP) is 6.80. The van der Waals surface area contributed by atoms with Crippen LogP contribution in [0.1, 0.15) is 53.0 Å². The Morgan fingerprint density at radius 1 is 1.04 bits per heavy atom. The summed E-state index contributed by atoms with van der Waals surface area (Å²) in [6.07, 6.45) is -0.584. The first-order valence-electron chi connectivity index (χ1n) is 16.3. The van der Waals surface area contributed by atoms with E-state index in [0.717, 1.165) is 6.07 Å². The summed E-state index contributed by atoms with van der Waals surface area (Å²) in [7, 11) is 2.79. The van der Waals surface area contributed by atoms with E-state index in [-0.39, 0.29) is 64.1 Å². The largest absolute Gasteiger partial charge is 0.496 e. The Labute approximate surface area is 288 Å². The molecular formula is C37H38F2N6O5. The van der Waals surface area contributed by atoms with Crippen molar-refractivity contribution in [2.45, 2.75) is 65.1 Å². The molecule has 0 aliphatic carbocycles. The third-order valence-electron chi connectivity index (χ3n) is 9.10. The van der Waals surface area contributed by atoms with Crippen LogP contribution in [0.2, 0.25) is 0 Å². The van der Waals surface area contributed by atoms with Gasteiger partial charge in [0.1, 0.15) is 40.2 Å². The topological polar surface area (TPSA) is 102 Å². The van der Waals surface area contributed by atoms with Crippen LogP contribution >= 0.6 is 0 Å². The highest BCUT2D eigenvalue weighted by Crippen LogP contribution is 2.44. The lowest BCUT2D eigenvalue weighted by Gasteiger charge is -2.49. The molecule has 2 aromatic heterocycles. The summed E-state index contributed by atoms with van der Waals surface area (Å²) < 4.78 is 44.2. The number of hydrogen-bond acceptors (Lipinski definition) is 7. The van der Waals surface area contributed by atoms with Crippen LogP contribution in [0, 0.1) is 18.2 Å². The van der Waals surface area contributed by atoms with Crippen molar-refractivity contribution in [3.63, 3.8) is 0 Å². The number of rotatable bonds is 4. The SMILES string of the molecule is [C-]#[N+]c1cccc(C(C)C)c1-n1c(=O)c2c(c3cc(F)c(-c4c(F)cccc4OC)nc31)N1C[C@@H](C)N(C(=O)OC(C)(C)C)C[C@@H]1C(=O)N2C. The van der Waals surface area contributed by atoms with Gasteiger partial charge in [-0.3, -0.25) is 14.2 Å². The number of methoxy groups -OCH3 is 1. The van der Waals surface area contributed by atoms with Gasteiger partial charge in [0.15, 0.2) is 5.82 Å². The number of ether oxygens (including phenoxy) is 2. The fourth-order valence-corrected chi connectivity index (χ4v) is 6.83. The first kappa shape index (κ1) is 34.4. The van der Waals surface area contributed by atoms with Crippen LogP contribution in [0.15, 0.2) is 47.3 Å². The van der Waals surface area contributed by atoms with Gasteiger partial charge in [-0.15, -0.1) is 0 Å². The molecule has 2 atom stereocenters. The van der Waals surface area contributed by atoms with E-state index >= 15 is 8.78 Å². The molecule has 2 aliphatic heterocycles. The summed E-state index contributed by atoms with van der Waals surface area (Å²) in [5, 5.41) is 0.160. The number of hydrogen-bond donors (Lipinski definition) is 0. The second kappa shape index (κ2) is 12.4. The second-order valence-electron chi connectivity index (χ2n) is 13.9. The van der Waals surface area contributed by atoms with E-state index in [1.807, 2.05) is 13.8 Å². The molecule has 0 unspecified atom stereocenters. The molecule has 0 N–H and O–H groups in total. The highest BCUT2D eigenvalue weighted by molar-refractivity contribution is 6.12. The van der Waals surface area contributed by atoms with Gasteiger partial charge in [-0.2, -0.15) is 0 Å². The molecule has 11 nitrogen and oxygen atoms in total. The van der Waals surface area contributed by atoms with E-state index in [2.05, 4.69) is 9.83 Å². The average molecular weight is 685 g/mol. The molecular weight excluding hydrogens is 646 g/mol. The van der Waals surface area contributed by atoms with Crippen LogP contribution in [0.25, 0.3) is 32.8 Å². The molecule has 1 saturated heterocycles. The first-order valence-corrected chi connectivity index (χ1v) is 16.3. The highest BCUT2D eigenvalue weighted by atomic mass is 19.1. The van der Waals surface area contributed by atoms with E-state index in [1.54, 1.807) is 50.8 Å². The van der Waals surface area contributed by atoms with Crippen molar-refractivity contribution in [1.29, 1.82) is 0 Å². The lowest BCUT2D eigenvalue weighted by atomic mass is 9.97. The van der Waals surface area contributed by atoms with Crippen LogP contribution in [-0.4, -0.2) is 71.4 Å². The van der Waals surface area contributed by atoms with Crippen LogP contribution in [0.3, 0.4) is 0 Å². The molecule has 1 fully saturated rings. The number of fused-ring (bicyclic) bond motifs is 5. The number of benzene rings is 2. The minimum atomic E-state index is -0.939. The molecule has 0 bridgehead atoms. The normalized spacial score (nSPS) is 17.5. The van der Waals surface area contributed by atoms with Gasteiger partial charge in [0.05, 0.1) is 37.2 Å². The van der Waals surface area contributed by atoms with E-state index < -0.39 is 52.6 Å². The maximum atomic E-state index is 16.5. The standard InChI is InChI=1S/C37H38F2N6O5/c1-19(2)21-12-10-14-25(40-7)30(21)45-33-22(16-24(39)29(41-33)28-23(38)13-11-15-27(28)49-9)31-32(35(45)47)42(8)34(46)26-18-43(20(3)17-44(26)31)36(48)50-37(4,5)6/h10-16,19-20,26H,17-18H2,1-6,8-9H3/t20-,26-/m1/s1. The lowest BCUT2D eigenvalue weighted by molar-refractivity contribution is -0.121. The molecule has 6 rings (SSSR count). The van der Waals surface area contributed by atoms with Gasteiger partial charge in [0.25, 0.3) is 11.5 Å². The smallest absolute Gasteiger partial charge is 0.410 e. The quantitative estimate of drug-likeness (QED) is 0.218. The zero-order chi connectivity index (χ0) is 36.4. The summed E-state index contributed by atoms with van der Waals surface area (Å²) in [6, 6.07) is 8.90. The van der Waals surface area contributed by atoms with Gasteiger partial charge in [-0.25, -0.2) is 23.4 Å². The van der Waals surface area contributed by atoms with Crippen molar-refractivity contribution in [2.24, 2.45) is 0 Å². The number of likely N-dealkylation sites (N-methyl/N-ethyl adjacent to an activating group) is 1. The molecule has 50 heavy (non-hydrogen) atoms. The first-order chi connectivity index (χ1) is 23.6. The van der Waals surface area contributed by atoms with Crippen molar-refractivity contribution < 1.29 is 27.8 Å². The van der Waals surface area contributed by atoms with Crippen molar-refractivity contribution in [2.75, 3.05) is 37.0 Å². The number of anilines is 2. The second-order valence-corrected chi connectivity index (χ2v) is 13.9. The van der Waals surface area contributed by atoms with Gasteiger partial charge in [0, 0.05) is 25.0 Å². The summed E-state index contributed by atoms with van der Waals surface area (Å²) in [4.78, 5) is 55.1. The van der Waals surface area contributed by atoms with Gasteiger partial charge >= 0.3 is 6.09 Å². The van der Waals surface area contributed by atoms with E-state index in [4.69, 9.17) is 16.0 Å². The summed E-state index contributed by atoms with van der Waals surface area (Å²) in [5.74, 6) is -2.27. The van der Waals surface area contributed by atoms with Gasteiger partial charge < -0.3 is 24.2 Å². The third-order valence-corrected chi connectivity index (χ3v) is 9.10. The highest BCUT2D eigenvalue weighted by Gasteiger charge is 2.47. The van der Waals surface area contributed by atoms with Crippen LogP contribution in [-0.2, 0) is 9.53 Å². The molecule has 0 radical (unpaired) electrons. The molecule has 4 heterocycles. The summed E-state index contributed by atoms with van der Waals surface area (Å²) in [5.41, 5.74) is -0.911. The van der Waals surface area contributed by atoms with E-state index in [0.29, 0.717) is 5.56 Å². The van der Waals surface area contributed by atoms with Crippen molar-refractivity contribution >= 4 is 40.1 Å². The molecule has 260 valence electrons. The molecule has 2 aromatic carbocycles. The molecule has 13 heteroatoms. The lowest BCUT2D eigenvalue weighted by Crippen LogP contribution is -2.66. The van der Waals surface area contributed by atoms with Crippen molar-refractivity contribution in [3.8, 4) is 22.7 Å². The van der Waals surface area contributed by atoms with Crippen LogP contribution in [0.4, 0.5) is 30.6 Å². The minimum absolute atomic E-state index is 0.0320. The Bertz CT molecular complexity index is 2170. The monoisotopic (exact) mass is 684 g/mol. The molecule has 4 aromatic rings. The maximum Gasteiger partial charge on any atom is 0.410 e. The number of piperazine rings is 1. The average Bonchev–Trinajstić information content (AvgIpc) is 3.05. The number of halogens is 2. The van der Waals surface area contributed by atoms with E-state index in [9.17, 15) is 14.4 Å². The van der Waals surface area contributed by atoms with Gasteiger partial charge in [-0.05, 0) is 57.4 Å².